The van der Waals surface area contributed by atoms with Crippen molar-refractivity contribution >= 4 is 11.8 Å². The molecule has 1 atom stereocenters. The van der Waals surface area contributed by atoms with E-state index in [0.717, 1.165) is 19.5 Å². The Morgan fingerprint density at radius 1 is 1.47 bits per heavy atom. The molecule has 1 unspecified atom stereocenters. The van der Waals surface area contributed by atoms with Crippen molar-refractivity contribution in [3.63, 3.8) is 0 Å². The SMILES string of the molecule is CCCNCCNC(=O)C1CNC(=O)C1. The van der Waals surface area contributed by atoms with Gasteiger partial charge in [-0.2, -0.15) is 0 Å². The summed E-state index contributed by atoms with van der Waals surface area (Å²) in [5, 5.41) is 8.65. The molecule has 5 nitrogen and oxygen atoms in total. The molecular formula is C10H19N3O2. The van der Waals surface area contributed by atoms with Gasteiger partial charge in [-0.3, -0.25) is 9.59 Å². The van der Waals surface area contributed by atoms with Gasteiger partial charge in [0, 0.05) is 26.1 Å². The van der Waals surface area contributed by atoms with Crippen LogP contribution in [0.1, 0.15) is 19.8 Å². The van der Waals surface area contributed by atoms with E-state index in [2.05, 4.69) is 22.9 Å². The first-order valence-electron chi connectivity index (χ1n) is 5.49. The van der Waals surface area contributed by atoms with Crippen molar-refractivity contribution in [3.8, 4) is 0 Å². The van der Waals surface area contributed by atoms with Crippen LogP contribution in [-0.4, -0.2) is 38.0 Å². The highest BCUT2D eigenvalue weighted by Gasteiger charge is 2.27. The number of hydrogen-bond acceptors (Lipinski definition) is 3. The van der Waals surface area contributed by atoms with Crippen molar-refractivity contribution < 1.29 is 9.59 Å². The van der Waals surface area contributed by atoms with E-state index in [1.165, 1.54) is 0 Å². The second kappa shape index (κ2) is 6.40. The van der Waals surface area contributed by atoms with E-state index in [9.17, 15) is 9.59 Å². The maximum Gasteiger partial charge on any atom is 0.225 e. The summed E-state index contributed by atoms with van der Waals surface area (Å²) in [5.41, 5.74) is 0. The average molecular weight is 213 g/mol. The minimum Gasteiger partial charge on any atom is -0.355 e. The van der Waals surface area contributed by atoms with Crippen LogP contribution in [0.4, 0.5) is 0 Å². The van der Waals surface area contributed by atoms with Crippen LogP contribution in [0.5, 0.6) is 0 Å². The predicted octanol–water partition coefficient (Wildman–Crippen LogP) is -0.762. The molecule has 0 radical (unpaired) electrons. The van der Waals surface area contributed by atoms with Gasteiger partial charge in [0.2, 0.25) is 11.8 Å². The number of rotatable bonds is 6. The van der Waals surface area contributed by atoms with Gasteiger partial charge in [-0.25, -0.2) is 0 Å². The van der Waals surface area contributed by atoms with Crippen molar-refractivity contribution in [2.24, 2.45) is 5.92 Å². The quantitative estimate of drug-likeness (QED) is 0.508. The number of hydrogen-bond donors (Lipinski definition) is 3. The standard InChI is InChI=1S/C10H19N3O2/c1-2-3-11-4-5-12-10(15)8-6-9(14)13-7-8/h8,11H,2-7H2,1H3,(H,12,15)(H,13,14). The Morgan fingerprint density at radius 3 is 2.87 bits per heavy atom. The average Bonchev–Trinajstić information content (AvgIpc) is 2.64. The zero-order valence-electron chi connectivity index (χ0n) is 9.14. The Labute approximate surface area is 90.0 Å². The van der Waals surface area contributed by atoms with E-state index in [4.69, 9.17) is 0 Å². The first kappa shape index (κ1) is 12.0. The monoisotopic (exact) mass is 213 g/mol. The summed E-state index contributed by atoms with van der Waals surface area (Å²) in [5.74, 6) is -0.227. The third kappa shape index (κ3) is 4.29. The number of nitrogens with one attached hydrogen (secondary N) is 3. The van der Waals surface area contributed by atoms with Gasteiger partial charge in [0.1, 0.15) is 0 Å². The minimum atomic E-state index is -0.177. The lowest BCUT2D eigenvalue weighted by molar-refractivity contribution is -0.126. The molecule has 1 aliphatic rings. The highest BCUT2D eigenvalue weighted by atomic mass is 16.2. The summed E-state index contributed by atoms with van der Waals surface area (Å²) >= 11 is 0. The van der Waals surface area contributed by atoms with Gasteiger partial charge < -0.3 is 16.0 Å². The molecule has 0 aromatic carbocycles. The smallest absolute Gasteiger partial charge is 0.225 e. The molecular weight excluding hydrogens is 194 g/mol. The molecule has 2 amide bonds. The molecule has 86 valence electrons. The van der Waals surface area contributed by atoms with Crippen molar-refractivity contribution in [1.82, 2.24) is 16.0 Å². The summed E-state index contributed by atoms with van der Waals surface area (Å²) in [6.07, 6.45) is 1.42. The summed E-state index contributed by atoms with van der Waals surface area (Å²) in [4.78, 5) is 22.4. The van der Waals surface area contributed by atoms with Crippen LogP contribution in [-0.2, 0) is 9.59 Å². The van der Waals surface area contributed by atoms with Crippen molar-refractivity contribution in [1.29, 1.82) is 0 Å². The molecule has 1 heterocycles. The lowest BCUT2D eigenvalue weighted by atomic mass is 10.1. The fraction of sp³-hybridized carbons (Fsp3) is 0.800. The second-order valence-electron chi connectivity index (χ2n) is 3.75. The molecule has 1 saturated heterocycles. The first-order valence-corrected chi connectivity index (χ1v) is 5.49. The Bertz CT molecular complexity index is 231. The summed E-state index contributed by atoms with van der Waals surface area (Å²) in [6, 6.07) is 0. The van der Waals surface area contributed by atoms with Gasteiger partial charge in [0.05, 0.1) is 5.92 Å². The number of carbonyl (C=O) groups is 2. The van der Waals surface area contributed by atoms with Gasteiger partial charge >= 0.3 is 0 Å². The lowest BCUT2D eigenvalue weighted by Crippen LogP contribution is -2.36. The molecule has 0 aliphatic carbocycles. The van der Waals surface area contributed by atoms with Crippen molar-refractivity contribution in [2.75, 3.05) is 26.2 Å². The van der Waals surface area contributed by atoms with E-state index in [0.29, 0.717) is 19.5 Å². The topological polar surface area (TPSA) is 70.2 Å². The predicted molar refractivity (Wildman–Crippen MR) is 57.3 cm³/mol. The number of carbonyl (C=O) groups excluding carboxylic acids is 2. The van der Waals surface area contributed by atoms with Crippen LogP contribution < -0.4 is 16.0 Å². The lowest BCUT2D eigenvalue weighted by Gasteiger charge is -2.09. The van der Waals surface area contributed by atoms with Gasteiger partial charge in [-0.05, 0) is 13.0 Å². The highest BCUT2D eigenvalue weighted by Crippen LogP contribution is 2.07. The molecule has 15 heavy (non-hydrogen) atoms. The maximum atomic E-state index is 11.5. The zero-order valence-corrected chi connectivity index (χ0v) is 9.14. The summed E-state index contributed by atoms with van der Waals surface area (Å²) in [6.45, 7) is 4.96. The third-order valence-electron chi connectivity index (χ3n) is 2.38. The molecule has 0 spiro atoms. The first-order chi connectivity index (χ1) is 7.24. The summed E-state index contributed by atoms with van der Waals surface area (Å²) in [7, 11) is 0. The Hall–Kier alpha value is -1.10. The van der Waals surface area contributed by atoms with E-state index in [1.54, 1.807) is 0 Å². The van der Waals surface area contributed by atoms with Crippen LogP contribution in [0, 0.1) is 5.92 Å². The Balaban J connectivity index is 2.06. The molecule has 0 saturated carbocycles. The van der Waals surface area contributed by atoms with Crippen LogP contribution in [0.15, 0.2) is 0 Å². The van der Waals surface area contributed by atoms with Crippen molar-refractivity contribution in [3.05, 3.63) is 0 Å². The molecule has 1 fully saturated rings. The third-order valence-corrected chi connectivity index (χ3v) is 2.38. The zero-order chi connectivity index (χ0) is 11.1. The molecule has 1 aliphatic heterocycles. The summed E-state index contributed by atoms with van der Waals surface area (Å²) < 4.78 is 0. The van der Waals surface area contributed by atoms with Gasteiger partial charge in [0.25, 0.3) is 0 Å². The van der Waals surface area contributed by atoms with E-state index >= 15 is 0 Å². The molecule has 3 N–H and O–H groups in total. The largest absolute Gasteiger partial charge is 0.355 e. The van der Waals surface area contributed by atoms with Crippen LogP contribution in [0.25, 0.3) is 0 Å². The van der Waals surface area contributed by atoms with Crippen LogP contribution in [0.2, 0.25) is 0 Å². The number of amides is 2. The second-order valence-corrected chi connectivity index (χ2v) is 3.75. The van der Waals surface area contributed by atoms with Crippen molar-refractivity contribution in [2.45, 2.75) is 19.8 Å². The molecule has 0 bridgehead atoms. The highest BCUT2D eigenvalue weighted by molar-refractivity contribution is 5.89. The van der Waals surface area contributed by atoms with Gasteiger partial charge in [-0.15, -0.1) is 0 Å². The Morgan fingerprint density at radius 2 is 2.27 bits per heavy atom. The minimum absolute atomic E-state index is 0.0216. The molecule has 0 aromatic rings. The van der Waals surface area contributed by atoms with E-state index in [1.807, 2.05) is 0 Å². The van der Waals surface area contributed by atoms with Gasteiger partial charge in [0.15, 0.2) is 0 Å². The van der Waals surface area contributed by atoms with Crippen LogP contribution in [0.3, 0.4) is 0 Å². The van der Waals surface area contributed by atoms with Crippen LogP contribution >= 0.6 is 0 Å². The fourth-order valence-corrected chi connectivity index (χ4v) is 1.51. The molecule has 1 rings (SSSR count). The Kier molecular flexibility index (Phi) is 5.10. The maximum absolute atomic E-state index is 11.5. The van der Waals surface area contributed by atoms with E-state index in [-0.39, 0.29) is 17.7 Å². The molecule has 0 aromatic heterocycles. The molecule has 5 heteroatoms. The fourth-order valence-electron chi connectivity index (χ4n) is 1.51. The van der Waals surface area contributed by atoms with Gasteiger partial charge in [-0.1, -0.05) is 6.92 Å². The van der Waals surface area contributed by atoms with E-state index < -0.39 is 0 Å². The normalized spacial score (nSPS) is 20.1.